The summed E-state index contributed by atoms with van der Waals surface area (Å²) < 4.78 is 0. The smallest absolute Gasteiger partial charge is 0.317 e. The van der Waals surface area contributed by atoms with Crippen LogP contribution in [0.2, 0.25) is 0 Å². The van der Waals surface area contributed by atoms with E-state index in [1.54, 1.807) is 19.2 Å². The zero-order valence-electron chi connectivity index (χ0n) is 11.8. The predicted molar refractivity (Wildman–Crippen MR) is 77.5 cm³/mol. The van der Waals surface area contributed by atoms with Crippen LogP contribution in [0.3, 0.4) is 0 Å². The number of carbonyl (C=O) groups excluding carboxylic acids is 1. The van der Waals surface area contributed by atoms with Crippen molar-refractivity contribution in [2.24, 2.45) is 0 Å². The molecule has 0 aliphatic rings. The maximum Gasteiger partial charge on any atom is 0.317 e. The molecule has 0 aromatic heterocycles. The lowest BCUT2D eigenvalue weighted by atomic mass is 10.0. The summed E-state index contributed by atoms with van der Waals surface area (Å²) in [4.78, 5) is 24.2. The van der Waals surface area contributed by atoms with Gasteiger partial charge in [0.25, 0.3) is 0 Å². The first-order valence-electron chi connectivity index (χ1n) is 6.32. The molecule has 0 bridgehead atoms. The van der Waals surface area contributed by atoms with Gasteiger partial charge in [-0.15, -0.1) is 0 Å². The molecule has 0 aliphatic heterocycles. The molecule has 0 heterocycles. The van der Waals surface area contributed by atoms with Crippen LogP contribution in [0.25, 0.3) is 0 Å². The third-order valence-corrected chi connectivity index (χ3v) is 2.74. The van der Waals surface area contributed by atoms with E-state index in [9.17, 15) is 9.59 Å². The average Bonchev–Trinajstić information content (AvgIpc) is 2.35. The van der Waals surface area contributed by atoms with Crippen molar-refractivity contribution in [3.63, 3.8) is 0 Å². The van der Waals surface area contributed by atoms with Crippen molar-refractivity contribution >= 4 is 12.0 Å². The molecule has 1 aromatic carbocycles. The molecular weight excluding hydrogens is 256 g/mol. The predicted octanol–water partition coefficient (Wildman–Crippen LogP) is 2.03. The van der Waals surface area contributed by atoms with Gasteiger partial charge in [0, 0.05) is 20.1 Å². The summed E-state index contributed by atoms with van der Waals surface area (Å²) in [5, 5.41) is 11.6. The molecule has 20 heavy (non-hydrogen) atoms. The SMILES string of the molecule is C=C(C)CN(C)C(=O)NCc1ccccc1CC(=O)O. The Morgan fingerprint density at radius 3 is 2.45 bits per heavy atom. The van der Waals surface area contributed by atoms with Gasteiger partial charge in [0.1, 0.15) is 0 Å². The van der Waals surface area contributed by atoms with Gasteiger partial charge in [-0.05, 0) is 18.1 Å². The number of benzene rings is 1. The van der Waals surface area contributed by atoms with E-state index in [1.807, 2.05) is 19.1 Å². The van der Waals surface area contributed by atoms with E-state index in [4.69, 9.17) is 5.11 Å². The second kappa shape index (κ2) is 7.33. The molecule has 5 heteroatoms. The number of carbonyl (C=O) groups is 2. The fourth-order valence-electron chi connectivity index (χ4n) is 1.85. The molecule has 0 fully saturated rings. The molecule has 0 saturated carbocycles. The summed E-state index contributed by atoms with van der Waals surface area (Å²) in [6.07, 6.45) is -0.0480. The Morgan fingerprint density at radius 2 is 1.90 bits per heavy atom. The Kier molecular flexibility index (Phi) is 5.77. The maximum absolute atomic E-state index is 11.8. The molecule has 2 amide bonds. The monoisotopic (exact) mass is 276 g/mol. The molecular formula is C15H20N2O3. The number of carboxylic acids is 1. The van der Waals surface area contributed by atoms with Crippen molar-refractivity contribution < 1.29 is 14.7 Å². The van der Waals surface area contributed by atoms with Crippen LogP contribution in [0.5, 0.6) is 0 Å². The highest BCUT2D eigenvalue weighted by atomic mass is 16.4. The summed E-state index contributed by atoms with van der Waals surface area (Å²) >= 11 is 0. The van der Waals surface area contributed by atoms with Crippen LogP contribution in [0.4, 0.5) is 4.79 Å². The van der Waals surface area contributed by atoms with Crippen LogP contribution in [-0.2, 0) is 17.8 Å². The number of urea groups is 1. The fraction of sp³-hybridized carbons (Fsp3) is 0.333. The first-order valence-corrected chi connectivity index (χ1v) is 6.32. The van der Waals surface area contributed by atoms with Gasteiger partial charge in [0.15, 0.2) is 0 Å². The maximum atomic E-state index is 11.8. The number of hydrogen-bond acceptors (Lipinski definition) is 2. The average molecular weight is 276 g/mol. The summed E-state index contributed by atoms with van der Waals surface area (Å²) in [5.74, 6) is -0.886. The van der Waals surface area contributed by atoms with Crippen LogP contribution in [0.15, 0.2) is 36.4 Å². The van der Waals surface area contributed by atoms with Crippen molar-refractivity contribution in [1.29, 1.82) is 0 Å². The van der Waals surface area contributed by atoms with E-state index < -0.39 is 5.97 Å². The third-order valence-electron chi connectivity index (χ3n) is 2.74. The Labute approximate surface area is 118 Å². The lowest BCUT2D eigenvalue weighted by molar-refractivity contribution is -0.136. The highest BCUT2D eigenvalue weighted by Gasteiger charge is 2.10. The molecule has 0 saturated heterocycles. The number of amides is 2. The van der Waals surface area contributed by atoms with Gasteiger partial charge in [-0.3, -0.25) is 4.79 Å². The summed E-state index contributed by atoms with van der Waals surface area (Å²) in [6.45, 7) is 6.41. The standard InChI is InChI=1S/C15H20N2O3/c1-11(2)10-17(3)15(20)16-9-13-7-5-4-6-12(13)8-14(18)19/h4-7H,1,8-10H2,2-3H3,(H,16,20)(H,18,19). The minimum atomic E-state index is -0.886. The Balaban J connectivity index is 2.63. The van der Waals surface area contributed by atoms with Crippen LogP contribution in [0.1, 0.15) is 18.1 Å². The Bertz CT molecular complexity index is 512. The van der Waals surface area contributed by atoms with Crippen molar-refractivity contribution in [3.05, 3.63) is 47.5 Å². The van der Waals surface area contributed by atoms with Gasteiger partial charge in [0.05, 0.1) is 6.42 Å². The van der Waals surface area contributed by atoms with Crippen LogP contribution in [0, 0.1) is 0 Å². The number of likely N-dealkylation sites (N-methyl/N-ethyl adjacent to an activating group) is 1. The molecule has 0 spiro atoms. The van der Waals surface area contributed by atoms with Gasteiger partial charge in [-0.1, -0.05) is 36.4 Å². The molecule has 0 unspecified atom stereocenters. The van der Waals surface area contributed by atoms with E-state index in [0.29, 0.717) is 18.7 Å². The van der Waals surface area contributed by atoms with Crippen molar-refractivity contribution in [3.8, 4) is 0 Å². The highest BCUT2D eigenvalue weighted by molar-refractivity contribution is 5.74. The molecule has 0 atom stereocenters. The van der Waals surface area contributed by atoms with Gasteiger partial charge in [-0.2, -0.15) is 0 Å². The zero-order chi connectivity index (χ0) is 15.1. The van der Waals surface area contributed by atoms with Gasteiger partial charge in [0.2, 0.25) is 0 Å². The fourth-order valence-corrected chi connectivity index (χ4v) is 1.85. The zero-order valence-corrected chi connectivity index (χ0v) is 11.8. The molecule has 0 aliphatic carbocycles. The molecule has 5 nitrogen and oxygen atoms in total. The minimum absolute atomic E-state index is 0.0480. The minimum Gasteiger partial charge on any atom is -0.481 e. The van der Waals surface area contributed by atoms with E-state index in [-0.39, 0.29) is 12.5 Å². The number of nitrogens with one attached hydrogen (secondary N) is 1. The number of rotatable bonds is 6. The lowest BCUT2D eigenvalue weighted by Crippen LogP contribution is -2.37. The van der Waals surface area contributed by atoms with Crippen molar-refractivity contribution in [2.75, 3.05) is 13.6 Å². The summed E-state index contributed by atoms with van der Waals surface area (Å²) in [5.41, 5.74) is 2.42. The molecule has 108 valence electrons. The largest absolute Gasteiger partial charge is 0.481 e. The number of aliphatic carboxylic acids is 1. The topological polar surface area (TPSA) is 69.6 Å². The van der Waals surface area contributed by atoms with E-state index >= 15 is 0 Å². The molecule has 2 N–H and O–H groups in total. The van der Waals surface area contributed by atoms with Gasteiger partial charge >= 0.3 is 12.0 Å². The second-order valence-electron chi connectivity index (χ2n) is 4.81. The van der Waals surface area contributed by atoms with Crippen LogP contribution >= 0.6 is 0 Å². The normalized spacial score (nSPS) is 9.90. The number of hydrogen-bond donors (Lipinski definition) is 2. The van der Waals surface area contributed by atoms with Crippen molar-refractivity contribution in [1.82, 2.24) is 10.2 Å². The van der Waals surface area contributed by atoms with E-state index in [2.05, 4.69) is 11.9 Å². The van der Waals surface area contributed by atoms with E-state index in [1.165, 1.54) is 4.90 Å². The number of carboxylic acid groups (broad SMARTS) is 1. The summed E-state index contributed by atoms with van der Waals surface area (Å²) in [6, 6.07) is 6.98. The summed E-state index contributed by atoms with van der Waals surface area (Å²) in [7, 11) is 1.69. The third kappa shape index (κ3) is 5.14. The van der Waals surface area contributed by atoms with Crippen molar-refractivity contribution in [2.45, 2.75) is 19.9 Å². The number of nitrogens with zero attached hydrogens (tertiary/aromatic N) is 1. The van der Waals surface area contributed by atoms with Crippen LogP contribution < -0.4 is 5.32 Å². The molecule has 1 rings (SSSR count). The first-order chi connectivity index (χ1) is 9.40. The quantitative estimate of drug-likeness (QED) is 0.781. The van der Waals surface area contributed by atoms with Gasteiger partial charge in [-0.25, -0.2) is 4.79 Å². The Hall–Kier alpha value is -2.30. The highest BCUT2D eigenvalue weighted by Crippen LogP contribution is 2.09. The van der Waals surface area contributed by atoms with Crippen LogP contribution in [-0.4, -0.2) is 35.6 Å². The van der Waals surface area contributed by atoms with Gasteiger partial charge < -0.3 is 15.3 Å². The lowest BCUT2D eigenvalue weighted by Gasteiger charge is -2.18. The van der Waals surface area contributed by atoms with E-state index in [0.717, 1.165) is 11.1 Å². The Morgan fingerprint density at radius 1 is 1.30 bits per heavy atom. The molecule has 1 aromatic rings. The molecule has 0 radical (unpaired) electrons. The first kappa shape index (κ1) is 15.8. The second-order valence-corrected chi connectivity index (χ2v) is 4.81.